The van der Waals surface area contributed by atoms with E-state index < -0.39 is 0 Å². The van der Waals surface area contributed by atoms with Crippen LogP contribution in [0.1, 0.15) is 22.5 Å². The summed E-state index contributed by atoms with van der Waals surface area (Å²) in [5, 5.41) is 8.83. The summed E-state index contributed by atoms with van der Waals surface area (Å²) in [5.41, 5.74) is 7.73. The molecule has 3 aromatic rings. The van der Waals surface area contributed by atoms with Crippen LogP contribution in [0.2, 0.25) is 0 Å². The first kappa shape index (κ1) is 11.1. The third-order valence-electron chi connectivity index (χ3n) is 3.44. The number of aryl methyl sites for hydroxylation is 5. The van der Waals surface area contributed by atoms with Gasteiger partial charge in [0.15, 0.2) is 0 Å². The summed E-state index contributed by atoms with van der Waals surface area (Å²) in [6.45, 7) is 8.03. The van der Waals surface area contributed by atoms with Crippen molar-refractivity contribution in [3.8, 4) is 0 Å². The predicted octanol–water partition coefficient (Wildman–Crippen LogP) is 2.15. The van der Waals surface area contributed by atoms with Crippen LogP contribution in [-0.2, 0) is 7.05 Å². The van der Waals surface area contributed by atoms with Crippen molar-refractivity contribution in [1.29, 1.82) is 0 Å². The summed E-state index contributed by atoms with van der Waals surface area (Å²) in [5.74, 6) is 0. The van der Waals surface area contributed by atoms with Crippen LogP contribution < -0.4 is 0 Å². The van der Waals surface area contributed by atoms with Gasteiger partial charge in [-0.25, -0.2) is 9.97 Å². The zero-order chi connectivity index (χ0) is 13.0. The summed E-state index contributed by atoms with van der Waals surface area (Å²) in [4.78, 5) is 10.9. The minimum atomic E-state index is 0.917. The van der Waals surface area contributed by atoms with Gasteiger partial charge in [-0.2, -0.15) is 15.0 Å². The van der Waals surface area contributed by atoms with Gasteiger partial charge < -0.3 is 0 Å². The van der Waals surface area contributed by atoms with Crippen molar-refractivity contribution in [2.45, 2.75) is 27.7 Å². The molecule has 0 fully saturated rings. The fourth-order valence-electron chi connectivity index (χ4n) is 2.26. The molecule has 0 unspecified atom stereocenters. The molecule has 0 N–H and O–H groups in total. The Hall–Kier alpha value is -2.04. The number of fused-ring (bicyclic) bond motifs is 2. The molecule has 3 rings (SSSR count). The van der Waals surface area contributed by atoms with Gasteiger partial charge in [-0.3, -0.25) is 0 Å². The van der Waals surface area contributed by atoms with Crippen molar-refractivity contribution in [2.75, 3.05) is 0 Å². The molecule has 0 aliphatic rings. The van der Waals surface area contributed by atoms with Gasteiger partial charge in [-0.1, -0.05) is 0 Å². The summed E-state index contributed by atoms with van der Waals surface area (Å²) in [6.07, 6.45) is 0. The Morgan fingerprint density at radius 3 is 1.44 bits per heavy atom. The Morgan fingerprint density at radius 1 is 0.667 bits per heavy atom. The molecule has 0 saturated heterocycles. The topological polar surface area (TPSA) is 56.5 Å². The van der Waals surface area contributed by atoms with Gasteiger partial charge in [-0.05, 0) is 27.7 Å². The zero-order valence-corrected chi connectivity index (χ0v) is 11.2. The van der Waals surface area contributed by atoms with Gasteiger partial charge in [0, 0.05) is 18.2 Å². The van der Waals surface area contributed by atoms with Gasteiger partial charge in [-0.15, -0.1) is 0 Å². The molecule has 92 valence electrons. The number of aromatic nitrogens is 5. The highest BCUT2D eigenvalue weighted by atomic mass is 15.4. The smallest absolute Gasteiger partial charge is 0.118 e. The normalized spacial score (nSPS) is 11.6. The lowest BCUT2D eigenvalue weighted by Gasteiger charge is -2.07. The molecule has 18 heavy (non-hydrogen) atoms. The third kappa shape index (κ3) is 1.33. The molecule has 2 aromatic heterocycles. The van der Waals surface area contributed by atoms with E-state index in [1.54, 1.807) is 4.80 Å². The fourth-order valence-corrected chi connectivity index (χ4v) is 2.26. The molecule has 0 saturated carbocycles. The molecule has 0 atom stereocenters. The lowest BCUT2D eigenvalue weighted by atomic mass is 10.1. The first-order valence-corrected chi connectivity index (χ1v) is 5.94. The van der Waals surface area contributed by atoms with Crippen LogP contribution in [-0.4, -0.2) is 25.0 Å². The van der Waals surface area contributed by atoms with Crippen molar-refractivity contribution in [3.63, 3.8) is 0 Å². The van der Waals surface area contributed by atoms with Crippen LogP contribution in [0.15, 0.2) is 0 Å². The minimum Gasteiger partial charge on any atom is -0.249 e. The molecule has 0 aliphatic heterocycles. The van der Waals surface area contributed by atoms with Gasteiger partial charge in [0.1, 0.15) is 11.0 Å². The maximum absolute atomic E-state index is 4.66. The quantitative estimate of drug-likeness (QED) is 0.605. The molecule has 0 aliphatic carbocycles. The van der Waals surface area contributed by atoms with E-state index in [0.29, 0.717) is 0 Å². The van der Waals surface area contributed by atoms with Crippen LogP contribution in [0.3, 0.4) is 0 Å². The van der Waals surface area contributed by atoms with Gasteiger partial charge in [0.2, 0.25) is 0 Å². The van der Waals surface area contributed by atoms with E-state index in [9.17, 15) is 0 Å². The molecule has 5 nitrogen and oxygen atoms in total. The maximum atomic E-state index is 4.66. The zero-order valence-electron chi connectivity index (χ0n) is 11.2. The summed E-state index contributed by atoms with van der Waals surface area (Å²) in [7, 11) is 1.83. The highest BCUT2D eigenvalue weighted by molar-refractivity contribution is 5.98. The molecule has 2 heterocycles. The standard InChI is InChI=1S/C13H15N5/c1-6-10-11(15-9(4)8(3)14-10)7(2)13-12(6)16-18(5)17-13/h1-5H3. The molecule has 0 spiro atoms. The van der Waals surface area contributed by atoms with Crippen LogP contribution >= 0.6 is 0 Å². The fraction of sp³-hybridized carbons (Fsp3) is 0.385. The SMILES string of the molecule is Cc1nc2c(C)c3nn(C)nc3c(C)c2nc1C. The molecular weight excluding hydrogens is 226 g/mol. The molecule has 0 amide bonds. The van der Waals surface area contributed by atoms with E-state index in [1.807, 2.05) is 34.7 Å². The maximum Gasteiger partial charge on any atom is 0.118 e. The lowest BCUT2D eigenvalue weighted by molar-refractivity contribution is 0.664. The molecule has 1 aromatic carbocycles. The van der Waals surface area contributed by atoms with Crippen LogP contribution in [0, 0.1) is 27.7 Å². The van der Waals surface area contributed by atoms with Gasteiger partial charge in [0.05, 0.1) is 22.4 Å². The van der Waals surface area contributed by atoms with Gasteiger partial charge in [0.25, 0.3) is 0 Å². The highest BCUT2D eigenvalue weighted by Gasteiger charge is 2.15. The first-order chi connectivity index (χ1) is 8.49. The molecular formula is C13H15N5. The second kappa shape index (κ2) is 3.48. The first-order valence-electron chi connectivity index (χ1n) is 5.94. The van der Waals surface area contributed by atoms with E-state index in [1.165, 1.54) is 0 Å². The predicted molar refractivity (Wildman–Crippen MR) is 70.6 cm³/mol. The number of hydrogen-bond donors (Lipinski definition) is 0. The Kier molecular flexibility index (Phi) is 2.14. The van der Waals surface area contributed by atoms with E-state index in [0.717, 1.165) is 44.6 Å². The van der Waals surface area contributed by atoms with E-state index >= 15 is 0 Å². The Bertz CT molecular complexity index is 721. The van der Waals surface area contributed by atoms with Crippen molar-refractivity contribution in [3.05, 3.63) is 22.5 Å². The molecule has 5 heteroatoms. The summed E-state index contributed by atoms with van der Waals surface area (Å²) in [6, 6.07) is 0. The third-order valence-corrected chi connectivity index (χ3v) is 3.44. The van der Waals surface area contributed by atoms with Crippen LogP contribution in [0.25, 0.3) is 22.1 Å². The Morgan fingerprint density at radius 2 is 1.06 bits per heavy atom. The lowest BCUT2D eigenvalue weighted by Crippen LogP contribution is -1.98. The second-order valence-electron chi connectivity index (χ2n) is 4.73. The largest absolute Gasteiger partial charge is 0.249 e. The van der Waals surface area contributed by atoms with E-state index in [2.05, 4.69) is 20.2 Å². The Balaban J connectivity index is 2.61. The molecule has 0 radical (unpaired) electrons. The van der Waals surface area contributed by atoms with E-state index in [-0.39, 0.29) is 0 Å². The summed E-state index contributed by atoms with van der Waals surface area (Å²) < 4.78 is 0. The van der Waals surface area contributed by atoms with Crippen LogP contribution in [0.5, 0.6) is 0 Å². The molecule has 0 bridgehead atoms. The average Bonchev–Trinajstić information content (AvgIpc) is 2.71. The number of benzene rings is 1. The highest BCUT2D eigenvalue weighted by Crippen LogP contribution is 2.27. The van der Waals surface area contributed by atoms with Gasteiger partial charge >= 0.3 is 0 Å². The van der Waals surface area contributed by atoms with Crippen molar-refractivity contribution < 1.29 is 0 Å². The monoisotopic (exact) mass is 241 g/mol. The number of nitrogens with zero attached hydrogens (tertiary/aromatic N) is 5. The second-order valence-corrected chi connectivity index (χ2v) is 4.73. The summed E-state index contributed by atoms with van der Waals surface area (Å²) >= 11 is 0. The number of hydrogen-bond acceptors (Lipinski definition) is 4. The number of rotatable bonds is 0. The van der Waals surface area contributed by atoms with Crippen LogP contribution in [0.4, 0.5) is 0 Å². The average molecular weight is 241 g/mol. The van der Waals surface area contributed by atoms with E-state index in [4.69, 9.17) is 0 Å². The van der Waals surface area contributed by atoms with Crippen molar-refractivity contribution >= 4 is 22.1 Å². The van der Waals surface area contributed by atoms with Crippen molar-refractivity contribution in [1.82, 2.24) is 25.0 Å². The Labute approximate surface area is 105 Å². The minimum absolute atomic E-state index is 0.917. The van der Waals surface area contributed by atoms with Crippen molar-refractivity contribution in [2.24, 2.45) is 7.05 Å².